The molecule has 1 aliphatic heterocycles. The lowest BCUT2D eigenvalue weighted by Gasteiger charge is -2.14. The van der Waals surface area contributed by atoms with Gasteiger partial charge in [0, 0.05) is 37.3 Å². The Kier molecular flexibility index (Phi) is 2.96. The van der Waals surface area contributed by atoms with Gasteiger partial charge in [0.05, 0.1) is 0 Å². The summed E-state index contributed by atoms with van der Waals surface area (Å²) in [6.07, 6.45) is 2.49. The number of nitrogens with zero attached hydrogens (tertiary/aromatic N) is 2. The summed E-state index contributed by atoms with van der Waals surface area (Å²) >= 11 is 0. The number of aliphatic hydroxyl groups is 1. The van der Waals surface area contributed by atoms with E-state index in [1.807, 2.05) is 0 Å². The molecule has 5 nitrogen and oxygen atoms in total. The first-order valence-corrected chi connectivity index (χ1v) is 5.07. The van der Waals surface area contributed by atoms with Crippen LogP contribution < -0.4 is 4.90 Å². The first-order chi connectivity index (χ1) is 7.74. The number of anilines is 1. The highest BCUT2D eigenvalue weighted by Gasteiger charge is 2.30. The molecule has 1 N–H and O–H groups in total. The molecule has 1 saturated heterocycles. The van der Waals surface area contributed by atoms with Crippen molar-refractivity contribution in [1.82, 2.24) is 4.98 Å². The van der Waals surface area contributed by atoms with E-state index >= 15 is 0 Å². The van der Waals surface area contributed by atoms with Crippen LogP contribution in [0.5, 0.6) is 0 Å². The number of aliphatic hydroxyl groups excluding tert-OH is 1. The zero-order chi connectivity index (χ0) is 11.5. The highest BCUT2D eigenvalue weighted by atomic mass is 16.3. The summed E-state index contributed by atoms with van der Waals surface area (Å²) in [5, 5.41) is 8.99. The molecular formula is C11H12N2O3. The molecule has 0 saturated carbocycles. The Morgan fingerprint density at radius 1 is 1.56 bits per heavy atom. The van der Waals surface area contributed by atoms with Crippen LogP contribution in [0, 0.1) is 5.92 Å². The van der Waals surface area contributed by atoms with E-state index in [4.69, 9.17) is 5.11 Å². The number of amides is 1. The molecule has 0 radical (unpaired) electrons. The molecule has 1 unspecified atom stereocenters. The highest BCUT2D eigenvalue weighted by Crippen LogP contribution is 2.22. The second kappa shape index (κ2) is 4.40. The van der Waals surface area contributed by atoms with Crippen LogP contribution in [-0.2, 0) is 4.79 Å². The van der Waals surface area contributed by atoms with Crippen molar-refractivity contribution in [2.45, 2.75) is 6.42 Å². The first-order valence-electron chi connectivity index (χ1n) is 5.07. The van der Waals surface area contributed by atoms with E-state index in [1.165, 1.54) is 11.1 Å². The van der Waals surface area contributed by atoms with Crippen molar-refractivity contribution in [1.29, 1.82) is 0 Å². The SMILES string of the molecule is O=Cc1ccc(N2CC(CO)CC2=O)nc1. The van der Waals surface area contributed by atoms with E-state index in [1.54, 1.807) is 12.1 Å². The summed E-state index contributed by atoms with van der Waals surface area (Å²) < 4.78 is 0. The lowest BCUT2D eigenvalue weighted by atomic mass is 10.1. The maximum atomic E-state index is 11.6. The van der Waals surface area contributed by atoms with Gasteiger partial charge in [0.25, 0.3) is 0 Å². The van der Waals surface area contributed by atoms with Crippen LogP contribution in [0.2, 0.25) is 0 Å². The quantitative estimate of drug-likeness (QED) is 0.741. The van der Waals surface area contributed by atoms with Crippen LogP contribution in [0.15, 0.2) is 18.3 Å². The summed E-state index contributed by atoms with van der Waals surface area (Å²) in [6, 6.07) is 3.26. The number of hydrogen-bond acceptors (Lipinski definition) is 4. The average molecular weight is 220 g/mol. The second-order valence-electron chi connectivity index (χ2n) is 3.82. The Morgan fingerprint density at radius 3 is 2.88 bits per heavy atom. The van der Waals surface area contributed by atoms with Gasteiger partial charge in [-0.25, -0.2) is 4.98 Å². The monoisotopic (exact) mass is 220 g/mol. The fraction of sp³-hybridized carbons (Fsp3) is 0.364. The Morgan fingerprint density at radius 2 is 2.38 bits per heavy atom. The third-order valence-electron chi connectivity index (χ3n) is 2.65. The topological polar surface area (TPSA) is 70.5 Å². The minimum absolute atomic E-state index is 0.00859. The van der Waals surface area contributed by atoms with Gasteiger partial charge in [-0.15, -0.1) is 0 Å². The van der Waals surface area contributed by atoms with Gasteiger partial charge in [-0.3, -0.25) is 14.5 Å². The van der Waals surface area contributed by atoms with Gasteiger partial charge < -0.3 is 5.11 Å². The molecule has 1 aliphatic rings. The maximum Gasteiger partial charge on any atom is 0.228 e. The molecule has 1 fully saturated rings. The van der Waals surface area contributed by atoms with Crippen molar-refractivity contribution in [3.05, 3.63) is 23.9 Å². The molecule has 0 aliphatic carbocycles. The lowest BCUT2D eigenvalue weighted by Crippen LogP contribution is -2.25. The van der Waals surface area contributed by atoms with Gasteiger partial charge in [0.15, 0.2) is 6.29 Å². The third kappa shape index (κ3) is 1.94. The zero-order valence-electron chi connectivity index (χ0n) is 8.67. The van der Waals surface area contributed by atoms with Crippen LogP contribution in [-0.4, -0.2) is 35.4 Å². The molecular weight excluding hydrogens is 208 g/mol. The number of carbonyl (C=O) groups is 2. The van der Waals surface area contributed by atoms with Gasteiger partial charge >= 0.3 is 0 Å². The second-order valence-corrected chi connectivity index (χ2v) is 3.82. The average Bonchev–Trinajstić information content (AvgIpc) is 2.71. The molecule has 1 amide bonds. The molecule has 0 bridgehead atoms. The van der Waals surface area contributed by atoms with Gasteiger partial charge in [-0.1, -0.05) is 0 Å². The Balaban J connectivity index is 2.18. The van der Waals surface area contributed by atoms with Crippen LogP contribution in [0.25, 0.3) is 0 Å². The van der Waals surface area contributed by atoms with Crippen molar-refractivity contribution in [2.24, 2.45) is 5.92 Å². The molecule has 0 aromatic carbocycles. The van der Waals surface area contributed by atoms with Crippen molar-refractivity contribution >= 4 is 18.0 Å². The highest BCUT2D eigenvalue weighted by molar-refractivity contribution is 5.95. The normalized spacial score (nSPS) is 20.2. The van der Waals surface area contributed by atoms with E-state index in [-0.39, 0.29) is 18.4 Å². The summed E-state index contributed by atoms with van der Waals surface area (Å²) in [6.45, 7) is 0.497. The molecule has 16 heavy (non-hydrogen) atoms. The van der Waals surface area contributed by atoms with E-state index < -0.39 is 0 Å². The zero-order valence-corrected chi connectivity index (χ0v) is 8.67. The van der Waals surface area contributed by atoms with Crippen molar-refractivity contribution in [3.63, 3.8) is 0 Å². The third-order valence-corrected chi connectivity index (χ3v) is 2.65. The fourth-order valence-electron chi connectivity index (χ4n) is 1.75. The number of rotatable bonds is 3. The fourth-order valence-corrected chi connectivity index (χ4v) is 1.75. The number of aldehydes is 1. The van der Waals surface area contributed by atoms with Crippen LogP contribution in [0.1, 0.15) is 16.8 Å². The number of carbonyl (C=O) groups excluding carboxylic acids is 2. The summed E-state index contributed by atoms with van der Waals surface area (Å²) in [5.41, 5.74) is 0.481. The summed E-state index contributed by atoms with van der Waals surface area (Å²) in [4.78, 5) is 27.6. The molecule has 2 rings (SSSR count). The lowest BCUT2D eigenvalue weighted by molar-refractivity contribution is -0.117. The first kappa shape index (κ1) is 10.8. The van der Waals surface area contributed by atoms with Crippen molar-refractivity contribution in [3.8, 4) is 0 Å². The molecule has 1 aromatic heterocycles. The Bertz CT molecular complexity index is 402. The van der Waals surface area contributed by atoms with Gasteiger partial charge in [-0.05, 0) is 12.1 Å². The van der Waals surface area contributed by atoms with E-state index in [0.717, 1.165) is 0 Å². The summed E-state index contributed by atoms with van der Waals surface area (Å²) in [5.74, 6) is 0.483. The predicted molar refractivity (Wildman–Crippen MR) is 57.2 cm³/mol. The van der Waals surface area contributed by atoms with Gasteiger partial charge in [-0.2, -0.15) is 0 Å². The maximum absolute atomic E-state index is 11.6. The van der Waals surface area contributed by atoms with Gasteiger partial charge in [0.1, 0.15) is 5.82 Å². The van der Waals surface area contributed by atoms with E-state index in [9.17, 15) is 9.59 Å². The number of aromatic nitrogens is 1. The predicted octanol–water partition coefficient (Wildman–Crippen LogP) is 0.239. The standard InChI is InChI=1S/C11H12N2O3/c14-6-8-1-2-10(12-4-8)13-5-9(7-15)3-11(13)16/h1-2,4,6,9,15H,3,5,7H2. The Labute approximate surface area is 92.7 Å². The molecule has 1 aromatic rings. The van der Waals surface area contributed by atoms with Crippen molar-refractivity contribution < 1.29 is 14.7 Å². The minimum atomic E-state index is -0.0367. The largest absolute Gasteiger partial charge is 0.396 e. The molecule has 1 atom stereocenters. The van der Waals surface area contributed by atoms with Crippen molar-refractivity contribution in [2.75, 3.05) is 18.1 Å². The van der Waals surface area contributed by atoms with Crippen LogP contribution in [0.4, 0.5) is 5.82 Å². The summed E-state index contributed by atoms with van der Waals surface area (Å²) in [7, 11) is 0. The Hall–Kier alpha value is -1.75. The van der Waals surface area contributed by atoms with E-state index in [2.05, 4.69) is 4.98 Å². The number of pyridine rings is 1. The van der Waals surface area contributed by atoms with Crippen LogP contribution in [0.3, 0.4) is 0 Å². The molecule has 0 spiro atoms. The van der Waals surface area contributed by atoms with E-state index in [0.29, 0.717) is 30.6 Å². The molecule has 84 valence electrons. The van der Waals surface area contributed by atoms with Gasteiger partial charge in [0.2, 0.25) is 5.91 Å². The number of hydrogen-bond donors (Lipinski definition) is 1. The smallest absolute Gasteiger partial charge is 0.228 e. The van der Waals surface area contributed by atoms with Crippen LogP contribution >= 0.6 is 0 Å². The minimum Gasteiger partial charge on any atom is -0.396 e. The molecule has 5 heteroatoms. The molecule has 2 heterocycles.